The third-order valence-electron chi connectivity index (χ3n) is 5.57. The molecule has 0 aliphatic carbocycles. The van der Waals surface area contributed by atoms with E-state index in [1.165, 1.54) is 12.1 Å². The third kappa shape index (κ3) is 14.8. The van der Waals surface area contributed by atoms with Crippen LogP contribution in [0.15, 0.2) is 24.4 Å². The van der Waals surface area contributed by atoms with Gasteiger partial charge >= 0.3 is 18.2 Å². The number of carbonyl (C=O) groups excluding carboxylic acids is 3. The van der Waals surface area contributed by atoms with Crippen LogP contribution in [0.3, 0.4) is 0 Å². The van der Waals surface area contributed by atoms with Crippen molar-refractivity contribution in [1.82, 2.24) is 25.6 Å². The fourth-order valence-electron chi connectivity index (χ4n) is 3.57. The van der Waals surface area contributed by atoms with Gasteiger partial charge in [0.15, 0.2) is 0 Å². The molecule has 0 radical (unpaired) electrons. The van der Waals surface area contributed by atoms with Crippen molar-refractivity contribution in [3.8, 4) is 0 Å². The molecule has 1 aromatic heterocycles. The number of aromatic nitrogens is 3. The van der Waals surface area contributed by atoms with Gasteiger partial charge in [0.05, 0.1) is 28.7 Å². The number of carbonyl (C=O) groups is 2. The average Bonchev–Trinajstić information content (AvgIpc) is 3.37. The van der Waals surface area contributed by atoms with E-state index in [1.807, 2.05) is 0 Å². The Kier molecular flexibility index (Phi) is 16.1. The summed E-state index contributed by atoms with van der Waals surface area (Å²) in [5.41, 5.74) is 0.474. The number of unbranched alkanes of at least 4 members (excludes halogenated alkanes) is 2. The van der Waals surface area contributed by atoms with Gasteiger partial charge < -0.3 is 20.5 Å². The van der Waals surface area contributed by atoms with Crippen LogP contribution in [0.25, 0.3) is 0 Å². The highest BCUT2D eigenvalue weighted by atomic mass is 16.6. The van der Waals surface area contributed by atoms with E-state index >= 15 is 0 Å². The maximum atomic E-state index is 11.8. The quantitative estimate of drug-likeness (QED) is 0.131. The van der Waals surface area contributed by atoms with Crippen molar-refractivity contribution in [2.75, 3.05) is 13.2 Å². The van der Waals surface area contributed by atoms with Gasteiger partial charge in [-0.3, -0.25) is 29.7 Å². The molecule has 41 heavy (non-hydrogen) atoms. The van der Waals surface area contributed by atoms with Crippen molar-refractivity contribution >= 4 is 29.5 Å². The SMILES string of the molecule is C[C@H](CCC(=O)O)NC(=O)NCCCCCn1cc(COCCCc2ccc([N+](=O)[O-])cc2[N+](=O)[O-])nn1.O=C=O. The van der Waals surface area contributed by atoms with Gasteiger partial charge in [0.2, 0.25) is 0 Å². The number of benzene rings is 1. The fourth-order valence-corrected chi connectivity index (χ4v) is 3.57. The summed E-state index contributed by atoms with van der Waals surface area (Å²) in [7, 11) is 0. The van der Waals surface area contributed by atoms with Gasteiger partial charge in [0, 0.05) is 43.8 Å². The zero-order chi connectivity index (χ0) is 30.6. The van der Waals surface area contributed by atoms with E-state index in [9.17, 15) is 29.8 Å². The van der Waals surface area contributed by atoms with Gasteiger partial charge in [-0.25, -0.2) is 4.79 Å². The number of ether oxygens (including phenoxy) is 1. The molecule has 1 atom stereocenters. The number of hydrogen-bond donors (Lipinski definition) is 3. The zero-order valence-electron chi connectivity index (χ0n) is 22.5. The minimum atomic E-state index is -0.891. The number of nitro groups is 2. The maximum Gasteiger partial charge on any atom is 0.373 e. The number of non-ortho nitro benzene ring substituents is 1. The summed E-state index contributed by atoms with van der Waals surface area (Å²) in [4.78, 5) is 59.3. The molecule has 0 aliphatic rings. The summed E-state index contributed by atoms with van der Waals surface area (Å²) < 4.78 is 7.29. The lowest BCUT2D eigenvalue weighted by atomic mass is 10.1. The normalized spacial score (nSPS) is 11.0. The van der Waals surface area contributed by atoms with Crippen LogP contribution in [0, 0.1) is 20.2 Å². The highest BCUT2D eigenvalue weighted by Gasteiger charge is 2.19. The largest absolute Gasteiger partial charge is 0.481 e. The van der Waals surface area contributed by atoms with Gasteiger partial charge in [-0.2, -0.15) is 9.59 Å². The molecule has 0 aliphatic heterocycles. The molecule has 1 aromatic carbocycles. The number of nitrogens with zero attached hydrogens (tertiary/aromatic N) is 5. The Morgan fingerprint density at radius 2 is 1.88 bits per heavy atom. The van der Waals surface area contributed by atoms with Crippen molar-refractivity contribution < 1.29 is 38.9 Å². The molecule has 0 spiro atoms. The van der Waals surface area contributed by atoms with Crippen molar-refractivity contribution in [2.45, 2.75) is 71.1 Å². The Labute approximate surface area is 234 Å². The van der Waals surface area contributed by atoms with Crippen LogP contribution in [0.4, 0.5) is 16.2 Å². The van der Waals surface area contributed by atoms with E-state index in [0.717, 1.165) is 25.3 Å². The first-order chi connectivity index (χ1) is 19.6. The molecule has 17 nitrogen and oxygen atoms in total. The minimum absolute atomic E-state index is 0.00854. The second kappa shape index (κ2) is 19.3. The highest BCUT2D eigenvalue weighted by Crippen LogP contribution is 2.25. The van der Waals surface area contributed by atoms with E-state index in [2.05, 4.69) is 20.9 Å². The van der Waals surface area contributed by atoms with Gasteiger partial charge in [0.1, 0.15) is 5.69 Å². The zero-order valence-corrected chi connectivity index (χ0v) is 22.5. The lowest BCUT2D eigenvalue weighted by molar-refractivity contribution is -0.394. The fraction of sp³-hybridized carbons (Fsp3) is 0.542. The van der Waals surface area contributed by atoms with Gasteiger partial charge in [-0.1, -0.05) is 5.21 Å². The second-order valence-electron chi connectivity index (χ2n) is 8.83. The lowest BCUT2D eigenvalue weighted by Gasteiger charge is -2.13. The van der Waals surface area contributed by atoms with E-state index in [0.29, 0.717) is 50.2 Å². The molecule has 2 aromatic rings. The first-order valence-electron chi connectivity index (χ1n) is 12.7. The van der Waals surface area contributed by atoms with Gasteiger partial charge in [-0.05, 0) is 51.5 Å². The third-order valence-corrected chi connectivity index (χ3v) is 5.57. The smallest absolute Gasteiger partial charge is 0.373 e. The molecule has 2 rings (SSSR count). The molecule has 0 unspecified atom stereocenters. The standard InChI is InChI=1S/C23H33N7O8.CO2/c1-17(7-10-22(31)32)25-23(33)24-11-3-2-4-12-28-15-19(26-27-28)16-38-13-5-6-18-8-9-20(29(34)35)14-21(18)30(36)37;2-1-3/h8-9,14-15,17H,2-7,10-13,16H2,1H3,(H,31,32)(H2,24,25,33);/t17-;/m1./s1. The first kappa shape index (κ1) is 34.3. The van der Waals surface area contributed by atoms with Crippen LogP contribution in [0.1, 0.15) is 56.7 Å². The Bertz CT molecular complexity index is 1180. The highest BCUT2D eigenvalue weighted by molar-refractivity contribution is 5.74. The summed E-state index contributed by atoms with van der Waals surface area (Å²) in [6.45, 7) is 3.51. The predicted molar refractivity (Wildman–Crippen MR) is 139 cm³/mol. The van der Waals surface area contributed by atoms with E-state index in [1.54, 1.807) is 17.8 Å². The van der Waals surface area contributed by atoms with Crippen LogP contribution in [-0.4, -0.2) is 67.3 Å². The molecular formula is C24H33N7O10. The van der Waals surface area contributed by atoms with E-state index in [4.69, 9.17) is 19.4 Å². The topological polar surface area (TPSA) is 239 Å². The summed E-state index contributed by atoms with van der Waals surface area (Å²) in [5.74, 6) is -0.891. The molecule has 0 saturated carbocycles. The number of carboxylic acid groups (broad SMARTS) is 1. The number of carboxylic acids is 1. The van der Waals surface area contributed by atoms with Gasteiger partial charge in [-0.15, -0.1) is 5.10 Å². The molecule has 17 heteroatoms. The molecular weight excluding hydrogens is 546 g/mol. The minimum Gasteiger partial charge on any atom is -0.481 e. The van der Waals surface area contributed by atoms with Crippen LogP contribution in [0.5, 0.6) is 0 Å². The molecule has 0 bridgehead atoms. The number of nitrogens with one attached hydrogen (secondary N) is 2. The van der Waals surface area contributed by atoms with Crippen molar-refractivity contribution in [3.05, 3.63) is 55.9 Å². The van der Waals surface area contributed by atoms with Crippen molar-refractivity contribution in [3.63, 3.8) is 0 Å². The Balaban J connectivity index is 0.00000268. The molecule has 0 fully saturated rings. The molecule has 2 amide bonds. The van der Waals surface area contributed by atoms with Crippen LogP contribution in [-0.2, 0) is 38.7 Å². The monoisotopic (exact) mass is 579 g/mol. The maximum absolute atomic E-state index is 11.8. The number of rotatable bonds is 18. The summed E-state index contributed by atoms with van der Waals surface area (Å²) in [6, 6.07) is 3.10. The number of aliphatic carboxylic acids is 1. The van der Waals surface area contributed by atoms with Crippen molar-refractivity contribution in [1.29, 1.82) is 0 Å². The number of urea groups is 1. The Morgan fingerprint density at radius 3 is 2.54 bits per heavy atom. The van der Waals surface area contributed by atoms with E-state index < -0.39 is 15.8 Å². The molecule has 1 heterocycles. The molecule has 3 N–H and O–H groups in total. The number of amides is 2. The molecule has 0 saturated heterocycles. The van der Waals surface area contributed by atoms with Crippen LogP contribution in [0.2, 0.25) is 0 Å². The second-order valence-corrected chi connectivity index (χ2v) is 8.83. The Morgan fingerprint density at radius 1 is 1.15 bits per heavy atom. The average molecular weight is 580 g/mol. The Hall–Kier alpha value is -4.76. The number of hydrogen-bond acceptors (Lipinski definition) is 11. The number of nitro benzene ring substituents is 2. The lowest BCUT2D eigenvalue weighted by Crippen LogP contribution is -2.41. The van der Waals surface area contributed by atoms with Crippen LogP contribution < -0.4 is 10.6 Å². The summed E-state index contributed by atoms with van der Waals surface area (Å²) >= 11 is 0. The van der Waals surface area contributed by atoms with E-state index in [-0.39, 0.29) is 42.6 Å². The predicted octanol–water partition coefficient (Wildman–Crippen LogP) is 2.38. The van der Waals surface area contributed by atoms with Gasteiger partial charge in [0.25, 0.3) is 11.4 Å². The summed E-state index contributed by atoms with van der Waals surface area (Å²) in [5, 5.41) is 44.3. The first-order valence-corrected chi connectivity index (χ1v) is 12.7. The van der Waals surface area contributed by atoms with Crippen molar-refractivity contribution in [2.24, 2.45) is 0 Å². The molecule has 224 valence electrons. The van der Waals surface area contributed by atoms with Crippen LogP contribution >= 0.6 is 0 Å². The summed E-state index contributed by atoms with van der Waals surface area (Å²) in [6.07, 6.45) is 5.77. The number of aryl methyl sites for hydroxylation is 2.